The minimum atomic E-state index is -4.80. The molecule has 0 fully saturated rings. The first-order valence-corrected chi connectivity index (χ1v) is 12.0. The zero-order valence-corrected chi connectivity index (χ0v) is 21.2. The molecule has 4 rings (SSSR count). The van der Waals surface area contributed by atoms with Crippen molar-refractivity contribution in [3.05, 3.63) is 100 Å². The number of aromatic amines is 1. The highest BCUT2D eigenvalue weighted by Gasteiger charge is 2.34. The molecule has 0 aliphatic rings. The van der Waals surface area contributed by atoms with Gasteiger partial charge in [-0.15, -0.1) is 0 Å². The highest BCUT2D eigenvalue weighted by atomic mass is 19.4. The summed E-state index contributed by atoms with van der Waals surface area (Å²) in [4.78, 5) is 22.9. The van der Waals surface area contributed by atoms with Crippen LogP contribution in [0, 0.1) is 12.7 Å². The maximum absolute atomic E-state index is 13.8. The van der Waals surface area contributed by atoms with Crippen molar-refractivity contribution in [2.24, 2.45) is 0 Å². The molecule has 0 saturated carbocycles. The van der Waals surface area contributed by atoms with Gasteiger partial charge in [0.15, 0.2) is 5.69 Å². The van der Waals surface area contributed by atoms with Crippen LogP contribution in [0.15, 0.2) is 60.8 Å². The van der Waals surface area contributed by atoms with E-state index >= 15 is 0 Å². The number of aryl methyl sites for hydroxylation is 1. The van der Waals surface area contributed by atoms with Crippen LogP contribution < -0.4 is 0 Å². The molecule has 37 heavy (non-hydrogen) atoms. The number of halogens is 4. The first-order chi connectivity index (χ1) is 17.3. The van der Waals surface area contributed by atoms with Crippen LogP contribution in [0.1, 0.15) is 59.2 Å². The molecule has 4 nitrogen and oxygen atoms in total. The standard InChI is InChI=1S/C29H29F4N3O/c1-18-15-21-11-13-34-25(21)26(35-18)27(37)36(17-20-5-8-22(9-6-20)28(2,3)4)14-12-19-7-10-24(30)23(16-19)29(31,32)33/h5-11,13,15-16,34H,12,14,17H2,1-4H3. The molecule has 0 atom stereocenters. The number of pyridine rings is 1. The summed E-state index contributed by atoms with van der Waals surface area (Å²) in [5, 5.41) is 0.846. The lowest BCUT2D eigenvalue weighted by molar-refractivity contribution is -0.140. The molecule has 0 aliphatic carbocycles. The van der Waals surface area contributed by atoms with Crippen LogP contribution in [0.5, 0.6) is 0 Å². The van der Waals surface area contributed by atoms with Crippen LogP contribution in [0.2, 0.25) is 0 Å². The fourth-order valence-electron chi connectivity index (χ4n) is 4.29. The number of carbonyl (C=O) groups is 1. The quantitative estimate of drug-likeness (QED) is 0.278. The molecule has 2 heterocycles. The highest BCUT2D eigenvalue weighted by Crippen LogP contribution is 2.32. The molecule has 0 radical (unpaired) electrons. The van der Waals surface area contributed by atoms with Crippen molar-refractivity contribution in [2.45, 2.75) is 52.3 Å². The van der Waals surface area contributed by atoms with Crippen LogP contribution in [0.4, 0.5) is 17.6 Å². The summed E-state index contributed by atoms with van der Waals surface area (Å²) in [6, 6.07) is 14.6. The molecule has 0 unspecified atom stereocenters. The second-order valence-electron chi connectivity index (χ2n) is 10.3. The topological polar surface area (TPSA) is 49.0 Å². The van der Waals surface area contributed by atoms with E-state index in [9.17, 15) is 22.4 Å². The summed E-state index contributed by atoms with van der Waals surface area (Å²) in [6.45, 7) is 8.51. The van der Waals surface area contributed by atoms with E-state index < -0.39 is 17.6 Å². The van der Waals surface area contributed by atoms with Crippen molar-refractivity contribution in [3.8, 4) is 0 Å². The molecular weight excluding hydrogens is 482 g/mol. The summed E-state index contributed by atoms with van der Waals surface area (Å²) in [7, 11) is 0. The monoisotopic (exact) mass is 511 g/mol. The molecule has 1 amide bonds. The van der Waals surface area contributed by atoms with Gasteiger partial charge < -0.3 is 9.88 Å². The number of H-pyrrole nitrogens is 1. The lowest BCUT2D eigenvalue weighted by Gasteiger charge is -2.24. The lowest BCUT2D eigenvalue weighted by atomic mass is 9.87. The Labute approximate surface area is 213 Å². The van der Waals surface area contributed by atoms with Crippen molar-refractivity contribution in [3.63, 3.8) is 0 Å². The van der Waals surface area contributed by atoms with E-state index in [-0.39, 0.29) is 42.1 Å². The Balaban J connectivity index is 1.65. The minimum absolute atomic E-state index is 0.0302. The van der Waals surface area contributed by atoms with Gasteiger partial charge in [0.2, 0.25) is 0 Å². The average molecular weight is 512 g/mol. The molecule has 0 spiro atoms. The number of rotatable bonds is 6. The number of amides is 1. The van der Waals surface area contributed by atoms with Gasteiger partial charge in [0.05, 0.1) is 11.1 Å². The van der Waals surface area contributed by atoms with Crippen LogP contribution in [0.25, 0.3) is 10.9 Å². The molecule has 194 valence electrons. The minimum Gasteiger partial charge on any atom is -0.359 e. The summed E-state index contributed by atoms with van der Waals surface area (Å²) >= 11 is 0. The predicted octanol–water partition coefficient (Wildman–Crippen LogP) is 7.21. The van der Waals surface area contributed by atoms with Crippen LogP contribution in [0.3, 0.4) is 0 Å². The number of hydrogen-bond acceptors (Lipinski definition) is 2. The Morgan fingerprint density at radius 2 is 1.65 bits per heavy atom. The number of aromatic nitrogens is 2. The normalized spacial score (nSPS) is 12.2. The van der Waals surface area contributed by atoms with E-state index in [1.807, 2.05) is 36.4 Å². The first kappa shape index (κ1) is 26.4. The van der Waals surface area contributed by atoms with Gasteiger partial charge in [-0.05, 0) is 59.7 Å². The summed E-state index contributed by atoms with van der Waals surface area (Å²) in [5.41, 5.74) is 2.51. The van der Waals surface area contributed by atoms with E-state index in [0.717, 1.165) is 28.6 Å². The third kappa shape index (κ3) is 6.01. The Morgan fingerprint density at radius 3 is 2.30 bits per heavy atom. The van der Waals surface area contributed by atoms with Crippen molar-refractivity contribution in [2.75, 3.05) is 6.54 Å². The van der Waals surface area contributed by atoms with Crippen molar-refractivity contribution < 1.29 is 22.4 Å². The van der Waals surface area contributed by atoms with E-state index in [4.69, 9.17) is 0 Å². The zero-order valence-electron chi connectivity index (χ0n) is 21.2. The number of nitrogens with one attached hydrogen (secondary N) is 1. The molecule has 4 aromatic rings. The van der Waals surface area contributed by atoms with E-state index in [2.05, 4.69) is 30.7 Å². The van der Waals surface area contributed by atoms with Crippen molar-refractivity contribution in [1.29, 1.82) is 0 Å². The SMILES string of the molecule is Cc1cc2cc[nH]c2c(C(=O)N(CCc2ccc(F)c(C(F)(F)F)c2)Cc2ccc(C(C)(C)C)cc2)n1. The van der Waals surface area contributed by atoms with Gasteiger partial charge >= 0.3 is 6.18 Å². The highest BCUT2D eigenvalue weighted by molar-refractivity contribution is 6.04. The second-order valence-corrected chi connectivity index (χ2v) is 10.3. The maximum atomic E-state index is 13.8. The summed E-state index contributed by atoms with van der Waals surface area (Å²) < 4.78 is 53.4. The van der Waals surface area contributed by atoms with Gasteiger partial charge in [0.25, 0.3) is 5.91 Å². The molecule has 2 aromatic heterocycles. The maximum Gasteiger partial charge on any atom is 0.419 e. The van der Waals surface area contributed by atoms with E-state index in [1.165, 1.54) is 6.07 Å². The van der Waals surface area contributed by atoms with Crippen LogP contribution in [-0.2, 0) is 24.6 Å². The molecule has 0 bridgehead atoms. The van der Waals surface area contributed by atoms with Crippen molar-refractivity contribution in [1.82, 2.24) is 14.9 Å². The van der Waals surface area contributed by atoms with Crippen LogP contribution in [-0.4, -0.2) is 27.3 Å². The smallest absolute Gasteiger partial charge is 0.359 e. The zero-order chi connectivity index (χ0) is 27.0. The number of benzene rings is 2. The molecular formula is C29H29F4N3O. The fraction of sp³-hybridized carbons (Fsp3) is 0.310. The Bertz CT molecular complexity index is 1420. The van der Waals surface area contributed by atoms with E-state index in [1.54, 1.807) is 18.0 Å². The Hall–Kier alpha value is -3.68. The molecule has 1 N–H and O–H groups in total. The predicted molar refractivity (Wildman–Crippen MR) is 136 cm³/mol. The van der Waals surface area contributed by atoms with E-state index in [0.29, 0.717) is 11.2 Å². The second kappa shape index (κ2) is 10.00. The van der Waals surface area contributed by atoms with Gasteiger partial charge in [0.1, 0.15) is 5.82 Å². The number of fused-ring (bicyclic) bond motifs is 1. The van der Waals surface area contributed by atoms with Crippen molar-refractivity contribution >= 4 is 16.8 Å². The summed E-state index contributed by atoms with van der Waals surface area (Å²) in [6.07, 6.45) is -2.95. The Morgan fingerprint density at radius 1 is 0.973 bits per heavy atom. The Kier molecular flexibility index (Phi) is 7.13. The third-order valence-corrected chi connectivity index (χ3v) is 6.36. The third-order valence-electron chi connectivity index (χ3n) is 6.36. The number of alkyl halides is 3. The van der Waals surface area contributed by atoms with Gasteiger partial charge in [0, 0.05) is 30.4 Å². The number of hydrogen-bond donors (Lipinski definition) is 1. The molecule has 0 aliphatic heterocycles. The van der Waals surface area contributed by atoms with Gasteiger partial charge in [-0.1, -0.05) is 51.1 Å². The van der Waals surface area contributed by atoms with Crippen LogP contribution >= 0.6 is 0 Å². The lowest BCUT2D eigenvalue weighted by Crippen LogP contribution is -2.33. The average Bonchev–Trinajstić information content (AvgIpc) is 3.29. The number of nitrogens with zero attached hydrogens (tertiary/aromatic N) is 2. The molecule has 2 aromatic carbocycles. The summed E-state index contributed by atoms with van der Waals surface area (Å²) in [5.74, 6) is -1.66. The first-order valence-electron chi connectivity index (χ1n) is 12.0. The molecule has 8 heteroatoms. The fourth-order valence-corrected chi connectivity index (χ4v) is 4.29. The van der Waals surface area contributed by atoms with Gasteiger partial charge in [-0.25, -0.2) is 9.37 Å². The van der Waals surface area contributed by atoms with Gasteiger partial charge in [-0.2, -0.15) is 13.2 Å². The number of carbonyl (C=O) groups excluding carboxylic acids is 1. The largest absolute Gasteiger partial charge is 0.419 e. The molecule has 0 saturated heterocycles. The van der Waals surface area contributed by atoms with Gasteiger partial charge in [-0.3, -0.25) is 4.79 Å².